The Morgan fingerprint density at radius 2 is 1.60 bits per heavy atom. The molecule has 132 valence electrons. The minimum absolute atomic E-state index is 0.383. The maximum absolute atomic E-state index is 11.9. The molecule has 0 radical (unpaired) electrons. The molecule has 0 aliphatic rings. The van der Waals surface area contributed by atoms with Crippen molar-refractivity contribution in [2.24, 2.45) is 0 Å². The van der Waals surface area contributed by atoms with E-state index in [9.17, 15) is 4.79 Å². The summed E-state index contributed by atoms with van der Waals surface area (Å²) >= 11 is 0. The first kappa shape index (κ1) is 18.8. The van der Waals surface area contributed by atoms with Gasteiger partial charge in [-0.1, -0.05) is 51.0 Å². The number of rotatable bonds is 9. The van der Waals surface area contributed by atoms with Crippen LogP contribution in [0.5, 0.6) is 11.5 Å². The zero-order valence-corrected chi connectivity index (χ0v) is 15.0. The molecule has 0 bridgehead atoms. The van der Waals surface area contributed by atoms with E-state index in [1.165, 1.54) is 11.6 Å². The lowest BCUT2D eigenvalue weighted by atomic mass is 10.1. The fraction of sp³-hybridized carbons (Fsp3) is 0.318. The summed E-state index contributed by atoms with van der Waals surface area (Å²) < 4.78 is 10.9. The van der Waals surface area contributed by atoms with Gasteiger partial charge in [-0.2, -0.15) is 0 Å². The Bertz CT molecular complexity index is 669. The Morgan fingerprint density at radius 3 is 2.24 bits per heavy atom. The van der Waals surface area contributed by atoms with Crippen LogP contribution in [0, 0.1) is 0 Å². The van der Waals surface area contributed by atoms with E-state index in [0.29, 0.717) is 5.75 Å². The van der Waals surface area contributed by atoms with E-state index < -0.39 is 0 Å². The Labute approximate surface area is 150 Å². The van der Waals surface area contributed by atoms with Gasteiger partial charge >= 0.3 is 5.97 Å². The van der Waals surface area contributed by atoms with Gasteiger partial charge in [-0.05, 0) is 54.3 Å². The predicted molar refractivity (Wildman–Crippen MR) is 102 cm³/mol. The summed E-state index contributed by atoms with van der Waals surface area (Å²) in [5.41, 5.74) is 2.18. The molecule has 25 heavy (non-hydrogen) atoms. The number of carbonyl (C=O) groups is 1. The van der Waals surface area contributed by atoms with Crippen LogP contribution in [-0.4, -0.2) is 12.6 Å². The molecule has 0 saturated heterocycles. The average Bonchev–Trinajstić information content (AvgIpc) is 2.63. The van der Waals surface area contributed by atoms with Gasteiger partial charge in [0.1, 0.15) is 11.5 Å². The molecule has 2 rings (SSSR count). The third-order valence-electron chi connectivity index (χ3n) is 3.74. The van der Waals surface area contributed by atoms with Crippen molar-refractivity contribution in [1.29, 1.82) is 0 Å². The van der Waals surface area contributed by atoms with Crippen molar-refractivity contribution in [1.82, 2.24) is 0 Å². The molecule has 3 nitrogen and oxygen atoms in total. The van der Waals surface area contributed by atoms with Crippen molar-refractivity contribution < 1.29 is 14.3 Å². The molecule has 0 heterocycles. The SMILES string of the molecule is CCCCOc1ccc(/C=C/C(=O)Oc2ccc(CCC)cc2)cc1. The third kappa shape index (κ3) is 6.84. The van der Waals surface area contributed by atoms with Crippen molar-refractivity contribution in [2.45, 2.75) is 39.5 Å². The van der Waals surface area contributed by atoms with E-state index >= 15 is 0 Å². The van der Waals surface area contributed by atoms with Gasteiger partial charge in [-0.3, -0.25) is 0 Å². The second-order valence-corrected chi connectivity index (χ2v) is 5.92. The highest BCUT2D eigenvalue weighted by Gasteiger charge is 2.01. The number of unbranched alkanes of at least 4 members (excludes halogenated alkanes) is 1. The van der Waals surface area contributed by atoms with Crippen molar-refractivity contribution in [3.8, 4) is 11.5 Å². The van der Waals surface area contributed by atoms with Crippen LogP contribution in [0.15, 0.2) is 54.6 Å². The van der Waals surface area contributed by atoms with Gasteiger partial charge in [0.25, 0.3) is 0 Å². The molecule has 3 heteroatoms. The van der Waals surface area contributed by atoms with Crippen LogP contribution >= 0.6 is 0 Å². The largest absolute Gasteiger partial charge is 0.494 e. The molecule has 2 aromatic rings. The molecule has 0 atom stereocenters. The topological polar surface area (TPSA) is 35.5 Å². The van der Waals surface area contributed by atoms with Gasteiger partial charge in [0, 0.05) is 6.08 Å². The van der Waals surface area contributed by atoms with Crippen molar-refractivity contribution in [3.05, 3.63) is 65.7 Å². The first-order valence-electron chi connectivity index (χ1n) is 8.93. The minimum atomic E-state index is -0.383. The van der Waals surface area contributed by atoms with Gasteiger partial charge in [-0.15, -0.1) is 0 Å². The van der Waals surface area contributed by atoms with E-state index in [2.05, 4.69) is 13.8 Å². The lowest BCUT2D eigenvalue weighted by Gasteiger charge is -2.05. The van der Waals surface area contributed by atoms with Gasteiger partial charge in [0.15, 0.2) is 0 Å². The Hall–Kier alpha value is -2.55. The van der Waals surface area contributed by atoms with Crippen LogP contribution in [0.4, 0.5) is 0 Å². The normalized spacial score (nSPS) is 10.8. The second-order valence-electron chi connectivity index (χ2n) is 5.92. The zero-order valence-electron chi connectivity index (χ0n) is 15.0. The molecule has 0 spiro atoms. The number of esters is 1. The maximum atomic E-state index is 11.9. The van der Waals surface area contributed by atoms with Gasteiger partial charge in [-0.25, -0.2) is 4.79 Å². The van der Waals surface area contributed by atoms with E-state index in [1.807, 2.05) is 48.5 Å². The summed E-state index contributed by atoms with van der Waals surface area (Å²) in [4.78, 5) is 11.9. The number of hydrogen-bond acceptors (Lipinski definition) is 3. The van der Waals surface area contributed by atoms with E-state index in [4.69, 9.17) is 9.47 Å². The molecule has 0 aliphatic heterocycles. The van der Waals surface area contributed by atoms with Crippen LogP contribution in [0.3, 0.4) is 0 Å². The van der Waals surface area contributed by atoms with Gasteiger partial charge in [0.05, 0.1) is 6.61 Å². The fourth-order valence-electron chi connectivity index (χ4n) is 2.34. The highest BCUT2D eigenvalue weighted by Crippen LogP contribution is 2.15. The minimum Gasteiger partial charge on any atom is -0.494 e. The third-order valence-corrected chi connectivity index (χ3v) is 3.74. The van der Waals surface area contributed by atoms with Crippen LogP contribution in [0.1, 0.15) is 44.2 Å². The van der Waals surface area contributed by atoms with Crippen LogP contribution in [0.2, 0.25) is 0 Å². The van der Waals surface area contributed by atoms with Crippen LogP contribution < -0.4 is 9.47 Å². The second kappa shape index (κ2) is 10.3. The smallest absolute Gasteiger partial charge is 0.336 e. The summed E-state index contributed by atoms with van der Waals surface area (Å²) in [6.07, 6.45) is 7.48. The molecule has 2 aromatic carbocycles. The molecule has 0 fully saturated rings. The maximum Gasteiger partial charge on any atom is 0.336 e. The van der Waals surface area contributed by atoms with E-state index in [0.717, 1.165) is 43.6 Å². The van der Waals surface area contributed by atoms with E-state index in [1.54, 1.807) is 6.08 Å². The highest BCUT2D eigenvalue weighted by molar-refractivity contribution is 5.88. The number of hydrogen-bond donors (Lipinski definition) is 0. The van der Waals surface area contributed by atoms with Crippen molar-refractivity contribution in [2.75, 3.05) is 6.61 Å². The summed E-state index contributed by atoms with van der Waals surface area (Å²) in [5.74, 6) is 1.03. The number of carbonyl (C=O) groups excluding carboxylic acids is 1. The van der Waals surface area contributed by atoms with Gasteiger partial charge in [0.2, 0.25) is 0 Å². The summed E-state index contributed by atoms with van der Waals surface area (Å²) in [6, 6.07) is 15.3. The summed E-state index contributed by atoms with van der Waals surface area (Å²) in [6.45, 7) is 5.01. The molecule has 0 unspecified atom stereocenters. The van der Waals surface area contributed by atoms with E-state index in [-0.39, 0.29) is 5.97 Å². The molecule has 0 N–H and O–H groups in total. The lowest BCUT2D eigenvalue weighted by molar-refractivity contribution is -0.128. The van der Waals surface area contributed by atoms with Crippen LogP contribution in [-0.2, 0) is 11.2 Å². The quantitative estimate of drug-likeness (QED) is 0.264. The standard InChI is InChI=1S/C22H26O3/c1-3-5-17-24-20-12-7-19(8-13-20)11-16-22(23)25-21-14-9-18(6-4-2)10-15-21/h7-16H,3-6,17H2,1-2H3/b16-11+. The number of ether oxygens (including phenoxy) is 2. The average molecular weight is 338 g/mol. The Morgan fingerprint density at radius 1 is 0.920 bits per heavy atom. The molecule has 0 saturated carbocycles. The molecular weight excluding hydrogens is 312 g/mol. The first-order valence-corrected chi connectivity index (χ1v) is 8.93. The molecule has 0 aliphatic carbocycles. The summed E-state index contributed by atoms with van der Waals surface area (Å²) in [7, 11) is 0. The predicted octanol–water partition coefficient (Wildman–Crippen LogP) is 5.44. The zero-order chi connectivity index (χ0) is 17.9. The Balaban J connectivity index is 1.84. The number of benzene rings is 2. The monoisotopic (exact) mass is 338 g/mol. The molecule has 0 amide bonds. The lowest BCUT2D eigenvalue weighted by Crippen LogP contribution is -2.03. The molecular formula is C22H26O3. The highest BCUT2D eigenvalue weighted by atomic mass is 16.5. The first-order chi connectivity index (χ1) is 12.2. The molecule has 0 aromatic heterocycles. The Kier molecular flexibility index (Phi) is 7.77. The van der Waals surface area contributed by atoms with Gasteiger partial charge < -0.3 is 9.47 Å². The van der Waals surface area contributed by atoms with Crippen molar-refractivity contribution >= 4 is 12.0 Å². The van der Waals surface area contributed by atoms with Crippen LogP contribution in [0.25, 0.3) is 6.08 Å². The number of aryl methyl sites for hydroxylation is 1. The summed E-state index contributed by atoms with van der Waals surface area (Å²) in [5, 5.41) is 0. The van der Waals surface area contributed by atoms with Crippen molar-refractivity contribution in [3.63, 3.8) is 0 Å². The fourth-order valence-corrected chi connectivity index (χ4v) is 2.34.